The van der Waals surface area contributed by atoms with Gasteiger partial charge in [0, 0.05) is 0 Å². The Labute approximate surface area is 332 Å². The van der Waals surface area contributed by atoms with E-state index in [2.05, 4.69) is 197 Å². The van der Waals surface area contributed by atoms with E-state index >= 15 is 0 Å². The van der Waals surface area contributed by atoms with E-state index in [-0.39, 0.29) is 0 Å². The largest absolute Gasteiger partial charge is 0.178 e. The number of hydrogen-bond donors (Lipinski definition) is 0. The van der Waals surface area contributed by atoms with Crippen molar-refractivity contribution in [2.45, 2.75) is 88.5 Å². The lowest BCUT2D eigenvalue weighted by Gasteiger charge is -2.45. The molecule has 6 aromatic carbocycles. The first kappa shape index (κ1) is 38.3. The van der Waals surface area contributed by atoms with Crippen LogP contribution in [0.15, 0.2) is 149 Å². The third kappa shape index (κ3) is 6.82. The quantitative estimate of drug-likeness (QED) is 0.0971. The molecule has 0 heterocycles. The van der Waals surface area contributed by atoms with Gasteiger partial charge in [-0.1, -0.05) is 151 Å². The van der Waals surface area contributed by atoms with Crippen LogP contribution in [0.5, 0.6) is 0 Å². The van der Waals surface area contributed by atoms with Gasteiger partial charge >= 0.3 is 0 Å². The lowest BCUT2D eigenvalue weighted by molar-refractivity contribution is 0.851. The SMILES string of the molecule is CC1=C(C)C(C)C([Si](c2c(Cc3ccccc3)ccc(C)c2C)(c2c(Cc3ccccc3)ccc(C)c2C)c2c(Cc3ccccc3)ccc(C)c2C)=C1C. The Bertz CT molecular complexity index is 2190. The Morgan fingerprint density at radius 3 is 0.964 bits per heavy atom. The summed E-state index contributed by atoms with van der Waals surface area (Å²) in [5, 5.41) is 6.49. The lowest BCUT2D eigenvalue weighted by atomic mass is 9.99. The molecule has 0 saturated heterocycles. The van der Waals surface area contributed by atoms with E-state index in [1.165, 1.54) is 83.5 Å². The molecule has 0 N–H and O–H groups in total. The molecule has 1 aliphatic carbocycles. The number of aryl methyl sites for hydroxylation is 3. The molecule has 7 rings (SSSR count). The minimum Gasteiger partial charge on any atom is -0.0636 e. The highest BCUT2D eigenvalue weighted by Crippen LogP contribution is 2.44. The van der Waals surface area contributed by atoms with E-state index in [1.807, 2.05) is 0 Å². The predicted octanol–water partition coefficient (Wildman–Crippen LogP) is 11.6. The van der Waals surface area contributed by atoms with Crippen LogP contribution in [0.2, 0.25) is 0 Å². The highest BCUT2D eigenvalue weighted by molar-refractivity contribution is 7.17. The molecular weight excluding hydrogens is 677 g/mol. The Balaban J connectivity index is 1.76. The van der Waals surface area contributed by atoms with Crippen molar-refractivity contribution in [2.75, 3.05) is 0 Å². The standard InChI is InChI=1S/C54H58Si/c1-35-26-29-48(32-45-20-14-11-15-21-45)52(38(35)4)55(51-43(9)41(7)42(8)44(51)10,53-39(5)36(2)27-30-49(53)33-46-22-16-12-17-23-46)54-40(6)37(3)28-31-50(54)34-47-24-18-13-19-25-47/h11-31,43H,32-34H2,1-10H3. The van der Waals surface area contributed by atoms with Gasteiger partial charge in [0.15, 0.2) is 8.07 Å². The van der Waals surface area contributed by atoms with Crippen LogP contribution >= 0.6 is 0 Å². The third-order valence-corrected chi connectivity index (χ3v) is 19.3. The Morgan fingerprint density at radius 2 is 0.691 bits per heavy atom. The van der Waals surface area contributed by atoms with Crippen LogP contribution in [-0.2, 0) is 19.3 Å². The Hall–Kier alpha value is -4.98. The van der Waals surface area contributed by atoms with E-state index in [4.69, 9.17) is 0 Å². The van der Waals surface area contributed by atoms with Crippen molar-refractivity contribution in [3.05, 3.63) is 216 Å². The van der Waals surface area contributed by atoms with Gasteiger partial charge in [-0.3, -0.25) is 0 Å². The van der Waals surface area contributed by atoms with E-state index in [0.717, 1.165) is 19.3 Å². The maximum atomic E-state index is 2.53. The van der Waals surface area contributed by atoms with E-state index in [0.29, 0.717) is 5.92 Å². The number of allylic oxidation sites excluding steroid dienone is 4. The summed E-state index contributed by atoms with van der Waals surface area (Å²) in [5.41, 5.74) is 21.5. The summed E-state index contributed by atoms with van der Waals surface area (Å²) in [5.74, 6) is 0.310. The van der Waals surface area contributed by atoms with Gasteiger partial charge in [-0.05, 0) is 175 Å². The maximum absolute atomic E-state index is 3.19. The van der Waals surface area contributed by atoms with Gasteiger partial charge < -0.3 is 0 Å². The van der Waals surface area contributed by atoms with Crippen molar-refractivity contribution < 1.29 is 0 Å². The smallest absolute Gasteiger partial charge is 0.0636 e. The van der Waals surface area contributed by atoms with Crippen LogP contribution in [0.4, 0.5) is 0 Å². The van der Waals surface area contributed by atoms with Gasteiger partial charge in [0.05, 0.1) is 0 Å². The number of benzene rings is 6. The van der Waals surface area contributed by atoms with Crippen molar-refractivity contribution in [1.29, 1.82) is 0 Å². The molecule has 0 saturated carbocycles. The summed E-state index contributed by atoms with van der Waals surface area (Å²) in [6, 6.07) is 48.2. The number of rotatable bonds is 10. The highest BCUT2D eigenvalue weighted by atomic mass is 28.3. The number of hydrogen-bond acceptors (Lipinski definition) is 0. The third-order valence-electron chi connectivity index (χ3n) is 13.3. The average molecular weight is 735 g/mol. The topological polar surface area (TPSA) is 0 Å². The molecule has 0 amide bonds. The van der Waals surface area contributed by atoms with E-state index < -0.39 is 8.07 Å². The summed E-state index contributed by atoms with van der Waals surface area (Å²) in [6.07, 6.45) is 2.70. The highest BCUT2D eigenvalue weighted by Gasteiger charge is 2.53. The summed E-state index contributed by atoms with van der Waals surface area (Å²) >= 11 is 0. The molecule has 55 heavy (non-hydrogen) atoms. The molecule has 1 aliphatic rings. The molecule has 1 atom stereocenters. The van der Waals surface area contributed by atoms with E-state index in [1.54, 1.807) is 20.8 Å². The minimum absolute atomic E-state index is 0.310. The summed E-state index contributed by atoms with van der Waals surface area (Å²) < 4.78 is 0. The predicted molar refractivity (Wildman–Crippen MR) is 240 cm³/mol. The minimum atomic E-state index is -3.19. The fourth-order valence-electron chi connectivity index (χ4n) is 9.82. The zero-order valence-electron chi connectivity index (χ0n) is 34.8. The monoisotopic (exact) mass is 734 g/mol. The van der Waals surface area contributed by atoms with Crippen molar-refractivity contribution in [2.24, 2.45) is 5.92 Å². The second-order valence-electron chi connectivity index (χ2n) is 16.4. The normalized spacial score (nSPS) is 14.6. The molecule has 1 unspecified atom stereocenters. The molecule has 1 heteroatoms. The molecule has 0 radical (unpaired) electrons. The molecule has 0 aliphatic heterocycles. The molecule has 6 aromatic rings. The zero-order valence-corrected chi connectivity index (χ0v) is 35.8. The van der Waals surface area contributed by atoms with Crippen molar-refractivity contribution in [3.8, 4) is 0 Å². The fraction of sp³-hybridized carbons (Fsp3) is 0.259. The van der Waals surface area contributed by atoms with Crippen LogP contribution in [-0.4, -0.2) is 8.07 Å². The Kier molecular flexibility index (Phi) is 10.9. The van der Waals surface area contributed by atoms with Crippen LogP contribution in [0.3, 0.4) is 0 Å². The molecule has 0 aromatic heterocycles. The van der Waals surface area contributed by atoms with Gasteiger partial charge in [0.2, 0.25) is 0 Å². The summed E-state index contributed by atoms with van der Waals surface area (Å²) in [6.45, 7) is 24.2. The fourth-order valence-corrected chi connectivity index (χ4v) is 17.2. The van der Waals surface area contributed by atoms with Crippen molar-refractivity contribution in [1.82, 2.24) is 0 Å². The van der Waals surface area contributed by atoms with Crippen molar-refractivity contribution >= 4 is 23.6 Å². The van der Waals surface area contributed by atoms with Crippen LogP contribution < -0.4 is 15.6 Å². The first-order valence-corrected chi connectivity index (χ1v) is 22.2. The first-order valence-electron chi connectivity index (χ1n) is 20.2. The molecule has 278 valence electrons. The molecular formula is C54H58Si. The molecule has 0 bridgehead atoms. The van der Waals surface area contributed by atoms with Gasteiger partial charge in [-0.2, -0.15) is 0 Å². The zero-order chi connectivity index (χ0) is 39.0. The van der Waals surface area contributed by atoms with Crippen LogP contribution in [0.1, 0.15) is 94.5 Å². The second kappa shape index (κ2) is 15.6. The lowest BCUT2D eigenvalue weighted by Crippen LogP contribution is -2.74. The van der Waals surface area contributed by atoms with Gasteiger partial charge in [-0.15, -0.1) is 0 Å². The van der Waals surface area contributed by atoms with Crippen LogP contribution in [0, 0.1) is 47.5 Å². The molecule has 0 fully saturated rings. The second-order valence-corrected chi connectivity index (χ2v) is 20.0. The van der Waals surface area contributed by atoms with Crippen LogP contribution in [0.25, 0.3) is 0 Å². The maximum Gasteiger partial charge on any atom is 0.178 e. The molecule has 0 nitrogen and oxygen atoms in total. The van der Waals surface area contributed by atoms with Gasteiger partial charge in [0.25, 0.3) is 0 Å². The average Bonchev–Trinajstić information content (AvgIpc) is 3.38. The van der Waals surface area contributed by atoms with Gasteiger partial charge in [0.1, 0.15) is 0 Å². The summed E-state index contributed by atoms with van der Waals surface area (Å²) in [7, 11) is -3.19. The molecule has 0 spiro atoms. The van der Waals surface area contributed by atoms with Gasteiger partial charge in [-0.25, -0.2) is 0 Å². The van der Waals surface area contributed by atoms with E-state index in [9.17, 15) is 0 Å². The van der Waals surface area contributed by atoms with Crippen molar-refractivity contribution in [3.63, 3.8) is 0 Å². The Morgan fingerprint density at radius 1 is 0.382 bits per heavy atom. The summed E-state index contributed by atoms with van der Waals surface area (Å²) in [4.78, 5) is 0. The first-order chi connectivity index (χ1) is 26.4.